The number of carbonyl (C=O) groups excluding carboxylic acids is 1. The van der Waals surface area contributed by atoms with Gasteiger partial charge in [-0.25, -0.2) is 9.18 Å². The van der Waals surface area contributed by atoms with Crippen molar-refractivity contribution in [2.24, 2.45) is 0 Å². The van der Waals surface area contributed by atoms with Gasteiger partial charge in [-0.1, -0.05) is 21.1 Å². The Labute approximate surface area is 171 Å². The van der Waals surface area contributed by atoms with Gasteiger partial charge in [0.2, 0.25) is 5.76 Å². The number of fused-ring (bicyclic) bond motifs is 2. The van der Waals surface area contributed by atoms with Crippen LogP contribution in [0.3, 0.4) is 0 Å². The second-order valence-corrected chi connectivity index (χ2v) is 7.29. The summed E-state index contributed by atoms with van der Waals surface area (Å²) >= 11 is 3.39. The Morgan fingerprint density at radius 3 is 2.62 bits per heavy atom. The molecule has 0 spiro atoms. The maximum absolute atomic E-state index is 13.1. The average molecular weight is 452 g/mol. The standard InChI is InChI=1S/C22H11BrFNO4/c23-14-3-8-18-13(9-14)10-20(28-18)22(26)27-16-6-7-17-19(11-16)29-25-21(17)12-1-4-15(24)5-2-12/h1-11H. The molecule has 0 bridgehead atoms. The number of benzene rings is 3. The first-order valence-corrected chi connectivity index (χ1v) is 9.43. The van der Waals surface area contributed by atoms with E-state index < -0.39 is 5.97 Å². The summed E-state index contributed by atoms with van der Waals surface area (Å²) < 4.78 is 30.4. The Morgan fingerprint density at radius 1 is 0.966 bits per heavy atom. The lowest BCUT2D eigenvalue weighted by atomic mass is 10.1. The Bertz CT molecular complexity index is 1370. The summed E-state index contributed by atoms with van der Waals surface area (Å²) in [5.74, 6) is -0.544. The van der Waals surface area contributed by atoms with E-state index >= 15 is 0 Å². The first-order chi connectivity index (χ1) is 14.1. The molecule has 5 aromatic rings. The van der Waals surface area contributed by atoms with Crippen LogP contribution >= 0.6 is 15.9 Å². The van der Waals surface area contributed by atoms with Crippen LogP contribution in [0.15, 0.2) is 80.1 Å². The molecule has 0 N–H and O–H groups in total. The van der Waals surface area contributed by atoms with Gasteiger partial charge >= 0.3 is 5.97 Å². The van der Waals surface area contributed by atoms with Crippen molar-refractivity contribution in [3.8, 4) is 17.0 Å². The first kappa shape index (κ1) is 17.6. The third-order valence-electron chi connectivity index (χ3n) is 4.45. The molecule has 0 fully saturated rings. The summed E-state index contributed by atoms with van der Waals surface area (Å²) in [6.45, 7) is 0. The van der Waals surface area contributed by atoms with Gasteiger partial charge in [0.25, 0.3) is 0 Å². The van der Waals surface area contributed by atoms with Gasteiger partial charge in [0, 0.05) is 26.9 Å². The van der Waals surface area contributed by atoms with E-state index in [4.69, 9.17) is 13.7 Å². The quantitative estimate of drug-likeness (QED) is 0.235. The van der Waals surface area contributed by atoms with Gasteiger partial charge in [0.15, 0.2) is 5.58 Å². The molecule has 0 aliphatic heterocycles. The van der Waals surface area contributed by atoms with Crippen LogP contribution in [-0.4, -0.2) is 11.1 Å². The van der Waals surface area contributed by atoms with Crippen LogP contribution in [0.4, 0.5) is 4.39 Å². The summed E-state index contributed by atoms with van der Waals surface area (Å²) in [7, 11) is 0. The van der Waals surface area contributed by atoms with Crippen LogP contribution in [0.2, 0.25) is 0 Å². The fourth-order valence-corrected chi connectivity index (χ4v) is 3.45. The van der Waals surface area contributed by atoms with E-state index in [1.54, 1.807) is 42.5 Å². The SMILES string of the molecule is O=C(Oc1ccc2c(-c3ccc(F)cc3)noc2c1)c1cc2cc(Br)ccc2o1. The Balaban J connectivity index is 1.43. The second-order valence-electron chi connectivity index (χ2n) is 6.38. The zero-order chi connectivity index (χ0) is 20.0. The van der Waals surface area contributed by atoms with Crippen LogP contribution in [0, 0.1) is 5.82 Å². The number of nitrogens with zero attached hydrogens (tertiary/aromatic N) is 1. The predicted molar refractivity (Wildman–Crippen MR) is 108 cm³/mol. The highest BCUT2D eigenvalue weighted by Crippen LogP contribution is 2.31. The molecule has 0 unspecified atom stereocenters. The number of rotatable bonds is 3. The van der Waals surface area contributed by atoms with Crippen LogP contribution in [-0.2, 0) is 0 Å². The van der Waals surface area contributed by atoms with Crippen LogP contribution in [0.5, 0.6) is 5.75 Å². The molecule has 2 heterocycles. The minimum atomic E-state index is -0.616. The van der Waals surface area contributed by atoms with Gasteiger partial charge < -0.3 is 13.7 Å². The molecule has 2 aromatic heterocycles. The number of halogens is 2. The smallest absolute Gasteiger partial charge is 0.379 e. The van der Waals surface area contributed by atoms with Crippen LogP contribution in [0.1, 0.15) is 10.6 Å². The average Bonchev–Trinajstić information content (AvgIpc) is 3.32. The van der Waals surface area contributed by atoms with Gasteiger partial charge in [0.05, 0.1) is 0 Å². The monoisotopic (exact) mass is 451 g/mol. The van der Waals surface area contributed by atoms with Crippen molar-refractivity contribution in [1.82, 2.24) is 5.16 Å². The summed E-state index contributed by atoms with van der Waals surface area (Å²) in [5, 5.41) is 5.57. The largest absolute Gasteiger partial charge is 0.449 e. The summed E-state index contributed by atoms with van der Waals surface area (Å²) in [4.78, 5) is 12.5. The molecule has 29 heavy (non-hydrogen) atoms. The van der Waals surface area contributed by atoms with Crippen molar-refractivity contribution in [2.75, 3.05) is 0 Å². The number of ether oxygens (including phenoxy) is 1. The summed E-state index contributed by atoms with van der Waals surface area (Å²) in [6.07, 6.45) is 0. The molecule has 3 aromatic carbocycles. The van der Waals surface area contributed by atoms with Crippen molar-refractivity contribution in [1.29, 1.82) is 0 Å². The number of carbonyl (C=O) groups is 1. The van der Waals surface area contributed by atoms with Crippen LogP contribution < -0.4 is 4.74 Å². The number of furan rings is 1. The molecule has 7 heteroatoms. The number of hydrogen-bond acceptors (Lipinski definition) is 5. The Hall–Kier alpha value is -3.45. The highest BCUT2D eigenvalue weighted by Gasteiger charge is 2.17. The molecule has 0 aliphatic carbocycles. The molecular formula is C22H11BrFNO4. The van der Waals surface area contributed by atoms with Gasteiger partial charge in [-0.15, -0.1) is 0 Å². The third kappa shape index (κ3) is 3.30. The van der Waals surface area contributed by atoms with E-state index in [9.17, 15) is 9.18 Å². The maximum Gasteiger partial charge on any atom is 0.379 e. The van der Waals surface area contributed by atoms with Gasteiger partial charge in [0.1, 0.15) is 22.8 Å². The van der Waals surface area contributed by atoms with E-state index in [0.717, 1.165) is 20.8 Å². The topological polar surface area (TPSA) is 65.5 Å². The third-order valence-corrected chi connectivity index (χ3v) is 4.94. The molecule has 0 radical (unpaired) electrons. The van der Waals surface area contributed by atoms with Gasteiger partial charge in [-0.2, -0.15) is 0 Å². The number of esters is 1. The van der Waals surface area contributed by atoms with Gasteiger partial charge in [-0.3, -0.25) is 0 Å². The normalized spacial score (nSPS) is 11.2. The molecule has 0 aliphatic rings. The molecular weight excluding hydrogens is 441 g/mol. The first-order valence-electron chi connectivity index (χ1n) is 8.63. The van der Waals surface area contributed by atoms with Crippen molar-refractivity contribution >= 4 is 43.8 Å². The van der Waals surface area contributed by atoms with Crippen molar-refractivity contribution in [2.45, 2.75) is 0 Å². The Morgan fingerprint density at radius 2 is 1.79 bits per heavy atom. The summed E-state index contributed by atoms with van der Waals surface area (Å²) in [5.41, 5.74) is 2.35. The minimum absolute atomic E-state index is 0.0998. The van der Waals surface area contributed by atoms with E-state index in [-0.39, 0.29) is 11.6 Å². The molecule has 0 atom stereocenters. The van der Waals surface area contributed by atoms with E-state index in [2.05, 4.69) is 21.1 Å². The fraction of sp³-hybridized carbons (Fsp3) is 0. The Kier molecular flexibility index (Phi) is 4.17. The van der Waals surface area contributed by atoms with Crippen LogP contribution in [0.25, 0.3) is 33.2 Å². The lowest BCUT2D eigenvalue weighted by Gasteiger charge is -2.02. The molecule has 5 rings (SSSR count). The summed E-state index contributed by atoms with van der Waals surface area (Å²) in [6, 6.07) is 18.0. The minimum Gasteiger partial charge on any atom is -0.449 e. The number of aromatic nitrogens is 1. The van der Waals surface area contributed by atoms with Crippen molar-refractivity contribution in [3.63, 3.8) is 0 Å². The molecule has 142 valence electrons. The van der Waals surface area contributed by atoms with Crippen molar-refractivity contribution < 1.29 is 22.9 Å². The molecule has 0 saturated carbocycles. The fourth-order valence-electron chi connectivity index (χ4n) is 3.07. The molecule has 5 nitrogen and oxygen atoms in total. The number of hydrogen-bond donors (Lipinski definition) is 0. The maximum atomic E-state index is 13.1. The highest BCUT2D eigenvalue weighted by molar-refractivity contribution is 9.10. The lowest BCUT2D eigenvalue weighted by Crippen LogP contribution is -2.06. The lowest BCUT2D eigenvalue weighted by molar-refractivity contribution is 0.0704. The zero-order valence-corrected chi connectivity index (χ0v) is 16.3. The van der Waals surface area contributed by atoms with Gasteiger partial charge in [-0.05, 0) is 60.7 Å². The van der Waals surface area contributed by atoms with E-state index in [1.807, 2.05) is 12.1 Å². The highest BCUT2D eigenvalue weighted by atomic mass is 79.9. The van der Waals surface area contributed by atoms with Crippen molar-refractivity contribution in [3.05, 3.63) is 82.8 Å². The molecule has 0 amide bonds. The van der Waals surface area contributed by atoms with E-state index in [0.29, 0.717) is 22.6 Å². The predicted octanol–water partition coefficient (Wildman–Crippen LogP) is 6.36. The molecule has 0 saturated heterocycles. The second kappa shape index (κ2) is 6.86. The zero-order valence-electron chi connectivity index (χ0n) is 14.7. The van der Waals surface area contributed by atoms with E-state index in [1.165, 1.54) is 12.1 Å².